The number of benzene rings is 3. The predicted octanol–water partition coefficient (Wildman–Crippen LogP) is -2.55. The second-order valence-electron chi connectivity index (χ2n) is 4.34. The monoisotopic (exact) mass is 575 g/mol. The van der Waals surface area contributed by atoms with Gasteiger partial charge in [-0.25, -0.2) is 0 Å². The van der Waals surface area contributed by atoms with Crippen molar-refractivity contribution in [1.29, 1.82) is 0 Å². The summed E-state index contributed by atoms with van der Waals surface area (Å²) in [4.78, 5) is 0. The molecule has 0 aliphatic rings. The fourth-order valence-corrected chi connectivity index (χ4v) is 4.48. The topological polar surface area (TPSA) is 0 Å². The van der Waals surface area contributed by atoms with Gasteiger partial charge in [-0.15, -0.1) is 0 Å². The molecule has 0 aromatic heterocycles. The molecule has 0 heterocycles. The molecule has 0 saturated carbocycles. The van der Waals surface area contributed by atoms with Crippen LogP contribution in [0.2, 0.25) is 0 Å². The van der Waals surface area contributed by atoms with Crippen molar-refractivity contribution in [2.75, 3.05) is 0 Å². The Morgan fingerprint density at radius 2 is 0.636 bits per heavy atom. The molecular weight excluding hydrogens is 560 g/mol. The SMILES string of the molecule is [Co+2].[I-].[I-].c1ccc(P(c2ccccc2)c2ccccc2)cc1. The molecule has 115 valence electrons. The molecule has 0 N–H and O–H groups in total. The molecule has 3 aromatic rings. The Labute approximate surface area is 178 Å². The van der Waals surface area contributed by atoms with Crippen LogP contribution in [0.1, 0.15) is 0 Å². The zero-order chi connectivity index (χ0) is 12.9. The maximum absolute atomic E-state index is 2.23. The Hall–Kier alpha value is 0.0565. The maximum atomic E-state index is 2.23. The maximum Gasteiger partial charge on any atom is 2.00 e. The van der Waals surface area contributed by atoms with Crippen LogP contribution in [0.25, 0.3) is 0 Å². The third-order valence-electron chi connectivity index (χ3n) is 3.04. The summed E-state index contributed by atoms with van der Waals surface area (Å²) in [6.07, 6.45) is 0. The molecule has 0 amide bonds. The smallest absolute Gasteiger partial charge is 1.00 e. The number of hydrogen-bond donors (Lipinski definition) is 0. The minimum atomic E-state index is -0.446. The van der Waals surface area contributed by atoms with Crippen LogP contribution in [0.3, 0.4) is 0 Å². The van der Waals surface area contributed by atoms with E-state index in [-0.39, 0.29) is 64.7 Å². The van der Waals surface area contributed by atoms with E-state index in [1.165, 1.54) is 15.9 Å². The largest absolute Gasteiger partial charge is 2.00 e. The Bertz CT molecular complexity index is 539. The van der Waals surface area contributed by atoms with Gasteiger partial charge in [-0.1, -0.05) is 91.0 Å². The standard InChI is InChI=1S/C18H15P.Co.2HI/c1-4-10-16(11-5-1)19(17-12-6-2-7-13-17)18-14-8-3-9-15-18;;;/h1-15H;;2*1H/q;+2;;/p-2. The van der Waals surface area contributed by atoms with Crippen molar-refractivity contribution in [2.24, 2.45) is 0 Å². The van der Waals surface area contributed by atoms with E-state index in [4.69, 9.17) is 0 Å². The minimum absolute atomic E-state index is 0. The van der Waals surface area contributed by atoms with Crippen molar-refractivity contribution < 1.29 is 64.7 Å². The van der Waals surface area contributed by atoms with Gasteiger partial charge in [-0.2, -0.15) is 0 Å². The summed E-state index contributed by atoms with van der Waals surface area (Å²) in [5.74, 6) is 0. The molecule has 0 nitrogen and oxygen atoms in total. The van der Waals surface area contributed by atoms with Gasteiger partial charge in [0.2, 0.25) is 0 Å². The van der Waals surface area contributed by atoms with Crippen LogP contribution in [0.5, 0.6) is 0 Å². The molecule has 0 unspecified atom stereocenters. The van der Waals surface area contributed by atoms with E-state index >= 15 is 0 Å². The third-order valence-corrected chi connectivity index (χ3v) is 5.49. The molecule has 3 aromatic carbocycles. The first kappa shape index (κ1) is 22.1. The van der Waals surface area contributed by atoms with E-state index in [0.29, 0.717) is 0 Å². The van der Waals surface area contributed by atoms with Crippen LogP contribution in [-0.4, -0.2) is 0 Å². The molecule has 0 spiro atoms. The van der Waals surface area contributed by atoms with Gasteiger partial charge in [0.1, 0.15) is 0 Å². The fraction of sp³-hybridized carbons (Fsp3) is 0. The van der Waals surface area contributed by atoms with E-state index in [9.17, 15) is 0 Å². The summed E-state index contributed by atoms with van der Waals surface area (Å²) in [6, 6.07) is 32.3. The molecule has 0 saturated heterocycles. The number of halogens is 2. The van der Waals surface area contributed by atoms with Gasteiger partial charge < -0.3 is 48.0 Å². The summed E-state index contributed by atoms with van der Waals surface area (Å²) >= 11 is 0. The van der Waals surface area contributed by atoms with Gasteiger partial charge in [0.25, 0.3) is 0 Å². The van der Waals surface area contributed by atoms with E-state index in [1.807, 2.05) is 0 Å². The van der Waals surface area contributed by atoms with Crippen LogP contribution in [0.15, 0.2) is 91.0 Å². The Morgan fingerprint density at radius 3 is 0.864 bits per heavy atom. The van der Waals surface area contributed by atoms with Crippen molar-refractivity contribution in [3.63, 3.8) is 0 Å². The summed E-state index contributed by atoms with van der Waals surface area (Å²) in [6.45, 7) is 0. The van der Waals surface area contributed by atoms with E-state index in [2.05, 4.69) is 91.0 Å². The van der Waals surface area contributed by atoms with Crippen molar-refractivity contribution in [3.8, 4) is 0 Å². The zero-order valence-corrected chi connectivity index (χ0v) is 17.9. The molecule has 22 heavy (non-hydrogen) atoms. The molecule has 0 aliphatic heterocycles. The summed E-state index contributed by atoms with van der Waals surface area (Å²) in [7, 11) is -0.446. The quantitative estimate of drug-likeness (QED) is 0.239. The molecule has 1 radical (unpaired) electrons. The summed E-state index contributed by atoms with van der Waals surface area (Å²) in [5.41, 5.74) is 0. The minimum Gasteiger partial charge on any atom is -1.00 e. The second kappa shape index (κ2) is 11.6. The van der Waals surface area contributed by atoms with Crippen LogP contribution >= 0.6 is 7.92 Å². The fourth-order valence-electron chi connectivity index (χ4n) is 2.18. The van der Waals surface area contributed by atoms with Crippen molar-refractivity contribution >= 4 is 23.8 Å². The molecule has 0 fully saturated rings. The Morgan fingerprint density at radius 1 is 0.409 bits per heavy atom. The molecule has 4 heteroatoms. The number of rotatable bonds is 3. The van der Waals surface area contributed by atoms with E-state index in [0.717, 1.165) is 0 Å². The zero-order valence-electron chi connectivity index (χ0n) is 11.7. The first-order chi connectivity index (χ1) is 9.45. The van der Waals surface area contributed by atoms with E-state index in [1.54, 1.807) is 0 Å². The average Bonchev–Trinajstić information content (AvgIpc) is 2.51. The molecule has 0 aliphatic carbocycles. The summed E-state index contributed by atoms with van der Waals surface area (Å²) in [5, 5.41) is 4.19. The van der Waals surface area contributed by atoms with Crippen LogP contribution in [-0.2, 0) is 16.8 Å². The van der Waals surface area contributed by atoms with Gasteiger partial charge in [0.05, 0.1) is 0 Å². The second-order valence-corrected chi connectivity index (χ2v) is 6.56. The third kappa shape index (κ3) is 5.60. The molecule has 3 rings (SSSR count). The van der Waals surface area contributed by atoms with Crippen LogP contribution < -0.4 is 63.9 Å². The van der Waals surface area contributed by atoms with Gasteiger partial charge >= 0.3 is 16.8 Å². The van der Waals surface area contributed by atoms with Crippen LogP contribution in [0, 0.1) is 0 Å². The van der Waals surface area contributed by atoms with Gasteiger partial charge in [0, 0.05) is 0 Å². The summed E-state index contributed by atoms with van der Waals surface area (Å²) < 4.78 is 0. The normalized spacial score (nSPS) is 9.14. The predicted molar refractivity (Wildman–Crippen MR) is 85.1 cm³/mol. The first-order valence-electron chi connectivity index (χ1n) is 6.40. The van der Waals surface area contributed by atoms with Gasteiger partial charge in [-0.3, -0.25) is 0 Å². The van der Waals surface area contributed by atoms with E-state index < -0.39 is 7.92 Å². The molecular formula is C18H15CoI2P. The van der Waals surface area contributed by atoms with Crippen molar-refractivity contribution in [3.05, 3.63) is 91.0 Å². The Balaban J connectivity index is 0.00000147. The average molecular weight is 575 g/mol. The first-order valence-corrected chi connectivity index (χ1v) is 7.74. The van der Waals surface area contributed by atoms with Gasteiger partial charge in [0.15, 0.2) is 0 Å². The van der Waals surface area contributed by atoms with Crippen molar-refractivity contribution in [2.45, 2.75) is 0 Å². The van der Waals surface area contributed by atoms with Gasteiger partial charge in [-0.05, 0) is 23.8 Å². The Kier molecular flexibility index (Phi) is 11.6. The molecule has 0 atom stereocenters. The van der Waals surface area contributed by atoms with Crippen LogP contribution in [0.4, 0.5) is 0 Å². The number of hydrogen-bond acceptors (Lipinski definition) is 0. The van der Waals surface area contributed by atoms with Crippen molar-refractivity contribution in [1.82, 2.24) is 0 Å². The molecule has 0 bridgehead atoms.